The molecule has 0 unspecified atom stereocenters. The number of esters is 1. The number of allylic oxidation sites excluding steroid dienone is 1. The van der Waals surface area contributed by atoms with Gasteiger partial charge in [-0.15, -0.1) is 6.58 Å². The fourth-order valence-corrected chi connectivity index (χ4v) is 2.80. The first-order chi connectivity index (χ1) is 12.5. The number of ketones is 1. The van der Waals surface area contributed by atoms with E-state index >= 15 is 0 Å². The molecule has 5 nitrogen and oxygen atoms in total. The highest BCUT2D eigenvalue weighted by Crippen LogP contribution is 2.28. The predicted octanol–water partition coefficient (Wildman–Crippen LogP) is 3.49. The third-order valence-electron chi connectivity index (χ3n) is 4.08. The number of rotatable bonds is 9. The number of carbonyl (C=O) groups excluding carboxylic acids is 2. The summed E-state index contributed by atoms with van der Waals surface area (Å²) < 4.78 is 4.82. The molecule has 0 aliphatic heterocycles. The number of carbonyl (C=O) groups is 2. The SMILES string of the molecule is C=CCN(/C=C/C(C)=O)CCc1c(C(=C)C(=O)OC)[nH]c2ccccc12. The molecule has 0 fully saturated rings. The summed E-state index contributed by atoms with van der Waals surface area (Å²) in [7, 11) is 1.34. The van der Waals surface area contributed by atoms with E-state index in [0.717, 1.165) is 16.5 Å². The molecule has 1 aromatic heterocycles. The molecule has 0 saturated carbocycles. The zero-order valence-electron chi connectivity index (χ0n) is 15.2. The molecule has 2 rings (SSSR count). The van der Waals surface area contributed by atoms with Gasteiger partial charge in [0, 0.05) is 30.2 Å². The summed E-state index contributed by atoms with van der Waals surface area (Å²) in [5, 5.41) is 1.04. The van der Waals surface area contributed by atoms with Gasteiger partial charge >= 0.3 is 5.97 Å². The number of nitrogens with zero attached hydrogens (tertiary/aromatic N) is 1. The highest BCUT2D eigenvalue weighted by molar-refractivity contribution is 6.16. The van der Waals surface area contributed by atoms with Gasteiger partial charge in [-0.3, -0.25) is 4.79 Å². The Hall–Kier alpha value is -3.08. The first-order valence-electron chi connectivity index (χ1n) is 8.38. The van der Waals surface area contributed by atoms with Crippen LogP contribution in [0.2, 0.25) is 0 Å². The Morgan fingerprint density at radius 2 is 2.04 bits per heavy atom. The minimum Gasteiger partial charge on any atom is -0.465 e. The Balaban J connectivity index is 2.34. The summed E-state index contributed by atoms with van der Waals surface area (Å²) in [4.78, 5) is 28.4. The monoisotopic (exact) mass is 352 g/mol. The Labute approximate surface area is 153 Å². The average Bonchev–Trinajstić information content (AvgIpc) is 3.01. The van der Waals surface area contributed by atoms with Crippen LogP contribution in [0.1, 0.15) is 18.2 Å². The van der Waals surface area contributed by atoms with E-state index < -0.39 is 5.97 Å². The highest BCUT2D eigenvalue weighted by Gasteiger charge is 2.19. The lowest BCUT2D eigenvalue weighted by molar-refractivity contribution is -0.133. The van der Waals surface area contributed by atoms with Gasteiger partial charge in [-0.2, -0.15) is 0 Å². The molecular weight excluding hydrogens is 328 g/mol. The minimum atomic E-state index is -0.461. The van der Waals surface area contributed by atoms with Crippen LogP contribution in [0, 0.1) is 0 Å². The molecule has 0 aliphatic rings. The van der Waals surface area contributed by atoms with E-state index in [1.165, 1.54) is 20.1 Å². The van der Waals surface area contributed by atoms with Crippen LogP contribution < -0.4 is 0 Å². The summed E-state index contributed by atoms with van der Waals surface area (Å²) in [5.74, 6) is -0.469. The number of H-pyrrole nitrogens is 1. The lowest BCUT2D eigenvalue weighted by atomic mass is 10.0. The number of nitrogens with one attached hydrogen (secondary N) is 1. The van der Waals surface area contributed by atoms with Gasteiger partial charge in [0.15, 0.2) is 5.78 Å². The van der Waals surface area contributed by atoms with Crippen molar-refractivity contribution in [2.24, 2.45) is 0 Å². The number of para-hydroxylation sites is 1. The molecule has 0 spiro atoms. The van der Waals surface area contributed by atoms with E-state index in [4.69, 9.17) is 4.74 Å². The van der Waals surface area contributed by atoms with Gasteiger partial charge in [0.2, 0.25) is 0 Å². The zero-order chi connectivity index (χ0) is 19.1. The second-order valence-corrected chi connectivity index (χ2v) is 5.95. The molecule has 136 valence electrons. The number of hydrogen-bond donors (Lipinski definition) is 1. The third kappa shape index (κ3) is 4.51. The van der Waals surface area contributed by atoms with Crippen LogP contribution >= 0.6 is 0 Å². The number of benzene rings is 1. The van der Waals surface area contributed by atoms with Gasteiger partial charge in [0.05, 0.1) is 18.4 Å². The van der Waals surface area contributed by atoms with Crippen molar-refractivity contribution in [3.63, 3.8) is 0 Å². The summed E-state index contributed by atoms with van der Waals surface area (Å²) >= 11 is 0. The normalized spacial score (nSPS) is 10.8. The molecule has 2 aromatic rings. The van der Waals surface area contributed by atoms with Crippen molar-refractivity contribution in [2.75, 3.05) is 20.2 Å². The van der Waals surface area contributed by atoms with Crippen LogP contribution in [0.5, 0.6) is 0 Å². The maximum Gasteiger partial charge on any atom is 0.339 e. The fraction of sp³-hybridized carbons (Fsp3) is 0.238. The van der Waals surface area contributed by atoms with Gasteiger partial charge in [0.1, 0.15) is 0 Å². The van der Waals surface area contributed by atoms with Crippen LogP contribution in [0.15, 0.2) is 55.8 Å². The van der Waals surface area contributed by atoms with E-state index in [1.54, 1.807) is 12.3 Å². The van der Waals surface area contributed by atoms with Crippen LogP contribution in [0.3, 0.4) is 0 Å². The van der Waals surface area contributed by atoms with Crippen molar-refractivity contribution >= 4 is 28.2 Å². The van der Waals surface area contributed by atoms with Crippen molar-refractivity contribution in [2.45, 2.75) is 13.3 Å². The van der Waals surface area contributed by atoms with E-state index in [2.05, 4.69) is 18.1 Å². The first-order valence-corrected chi connectivity index (χ1v) is 8.38. The number of hydrogen-bond acceptors (Lipinski definition) is 4. The highest BCUT2D eigenvalue weighted by atomic mass is 16.5. The molecule has 0 radical (unpaired) electrons. The molecule has 5 heteroatoms. The molecule has 0 atom stereocenters. The minimum absolute atomic E-state index is 0.00841. The fourth-order valence-electron chi connectivity index (χ4n) is 2.80. The first kappa shape index (κ1) is 19.2. The topological polar surface area (TPSA) is 62.4 Å². The van der Waals surface area contributed by atoms with Crippen molar-refractivity contribution in [1.82, 2.24) is 9.88 Å². The second-order valence-electron chi connectivity index (χ2n) is 5.95. The van der Waals surface area contributed by atoms with Gasteiger partial charge < -0.3 is 14.6 Å². The van der Waals surface area contributed by atoms with E-state index in [9.17, 15) is 9.59 Å². The molecule has 0 amide bonds. The smallest absolute Gasteiger partial charge is 0.339 e. The Bertz CT molecular complexity index is 861. The Morgan fingerprint density at radius 1 is 1.31 bits per heavy atom. The molecule has 1 heterocycles. The Kier molecular flexibility index (Phi) is 6.55. The summed E-state index contributed by atoms with van der Waals surface area (Å²) in [6.45, 7) is 10.4. The maximum atomic E-state index is 11.9. The number of aromatic nitrogens is 1. The number of ether oxygens (including phenoxy) is 1. The summed E-state index contributed by atoms with van der Waals surface area (Å²) in [6.07, 6.45) is 5.76. The molecule has 26 heavy (non-hydrogen) atoms. The summed E-state index contributed by atoms with van der Waals surface area (Å²) in [6, 6.07) is 7.87. The van der Waals surface area contributed by atoms with Crippen LogP contribution in [0.25, 0.3) is 16.5 Å². The zero-order valence-corrected chi connectivity index (χ0v) is 15.2. The van der Waals surface area contributed by atoms with E-state index in [0.29, 0.717) is 30.8 Å². The van der Waals surface area contributed by atoms with Crippen LogP contribution in [0.4, 0.5) is 0 Å². The second kappa shape index (κ2) is 8.85. The van der Waals surface area contributed by atoms with Crippen molar-refractivity contribution < 1.29 is 14.3 Å². The molecule has 1 aromatic carbocycles. The maximum absolute atomic E-state index is 11.9. The van der Waals surface area contributed by atoms with E-state index in [-0.39, 0.29) is 5.78 Å². The Morgan fingerprint density at radius 3 is 2.69 bits per heavy atom. The summed E-state index contributed by atoms with van der Waals surface area (Å²) in [5.41, 5.74) is 2.93. The molecular formula is C21H24N2O3. The van der Waals surface area contributed by atoms with Gasteiger partial charge in [-0.05, 0) is 31.1 Å². The quantitative estimate of drug-likeness (QED) is 0.426. The number of methoxy groups -OCH3 is 1. The molecule has 0 bridgehead atoms. The van der Waals surface area contributed by atoms with Gasteiger partial charge in [-0.1, -0.05) is 30.9 Å². The lowest BCUT2D eigenvalue weighted by Crippen LogP contribution is -2.21. The molecule has 1 N–H and O–H groups in total. The van der Waals surface area contributed by atoms with Gasteiger partial charge in [0.25, 0.3) is 0 Å². The standard InChI is InChI=1S/C21H24N2O3/c1-5-12-23(13-10-15(2)24)14-11-18-17-8-6-7-9-19(17)22-20(18)16(3)21(25)26-4/h5-10,13,22H,1,3,11-12,14H2,2,4H3/b13-10+. The van der Waals surface area contributed by atoms with Crippen molar-refractivity contribution in [3.05, 3.63) is 67.0 Å². The lowest BCUT2D eigenvalue weighted by Gasteiger charge is -2.18. The van der Waals surface area contributed by atoms with E-state index in [1.807, 2.05) is 29.2 Å². The van der Waals surface area contributed by atoms with Crippen LogP contribution in [-0.2, 0) is 20.7 Å². The van der Waals surface area contributed by atoms with Crippen molar-refractivity contribution in [1.29, 1.82) is 0 Å². The number of aromatic amines is 1. The van der Waals surface area contributed by atoms with Crippen molar-refractivity contribution in [3.8, 4) is 0 Å². The largest absolute Gasteiger partial charge is 0.465 e. The molecule has 0 aliphatic carbocycles. The number of fused-ring (bicyclic) bond motifs is 1. The third-order valence-corrected chi connectivity index (χ3v) is 4.08. The average molecular weight is 352 g/mol. The van der Waals surface area contributed by atoms with Crippen LogP contribution in [-0.4, -0.2) is 41.8 Å². The van der Waals surface area contributed by atoms with Gasteiger partial charge in [-0.25, -0.2) is 4.79 Å². The molecule has 0 saturated heterocycles. The predicted molar refractivity (Wildman–Crippen MR) is 105 cm³/mol.